The molecule has 4 atom stereocenters. The van der Waals surface area contributed by atoms with Crippen LogP contribution < -0.4 is 0 Å². The average Bonchev–Trinajstić information content (AvgIpc) is 2.62. The van der Waals surface area contributed by atoms with E-state index in [1.54, 1.807) is 0 Å². The van der Waals surface area contributed by atoms with Gasteiger partial charge in [-0.25, -0.2) is 0 Å². The number of ether oxygens (including phenoxy) is 2. The van der Waals surface area contributed by atoms with Crippen LogP contribution in [-0.4, -0.2) is 39.9 Å². The molecule has 0 aromatic heterocycles. The summed E-state index contributed by atoms with van der Waals surface area (Å²) in [6, 6.07) is 0. The zero-order valence-electron chi connectivity index (χ0n) is 11.5. The van der Waals surface area contributed by atoms with Crippen LogP contribution in [0.3, 0.4) is 0 Å². The molecular formula is C15H22O4. The second-order valence-electron chi connectivity index (χ2n) is 6.28. The molecule has 1 heterocycles. The summed E-state index contributed by atoms with van der Waals surface area (Å²) in [7, 11) is 0. The normalized spacial score (nSPS) is 46.5. The molecule has 0 amide bonds. The summed E-state index contributed by atoms with van der Waals surface area (Å²) >= 11 is 0. The van der Waals surface area contributed by atoms with Crippen LogP contribution in [0, 0.1) is 0 Å². The summed E-state index contributed by atoms with van der Waals surface area (Å²) in [5, 5.41) is 21.1. The molecule has 0 aromatic carbocycles. The van der Waals surface area contributed by atoms with Gasteiger partial charge in [0.05, 0.1) is 11.7 Å². The number of aliphatic hydroxyl groups excluding tert-OH is 1. The summed E-state index contributed by atoms with van der Waals surface area (Å²) < 4.78 is 11.6. The van der Waals surface area contributed by atoms with E-state index in [0.717, 1.165) is 18.4 Å². The highest BCUT2D eigenvalue weighted by Crippen LogP contribution is 2.40. The molecule has 106 valence electrons. The van der Waals surface area contributed by atoms with Crippen LogP contribution >= 0.6 is 0 Å². The lowest BCUT2D eigenvalue weighted by atomic mass is 9.76. The Morgan fingerprint density at radius 3 is 2.89 bits per heavy atom. The monoisotopic (exact) mass is 266 g/mol. The van der Waals surface area contributed by atoms with Gasteiger partial charge in [0.15, 0.2) is 5.79 Å². The van der Waals surface area contributed by atoms with Gasteiger partial charge in [-0.3, -0.25) is 0 Å². The number of fused-ring (bicyclic) bond motifs is 2. The fraction of sp³-hybridized carbons (Fsp3) is 0.733. The summed E-state index contributed by atoms with van der Waals surface area (Å²) in [6.07, 6.45) is 7.48. The molecule has 19 heavy (non-hydrogen) atoms. The molecule has 0 radical (unpaired) electrons. The summed E-state index contributed by atoms with van der Waals surface area (Å²) in [6.45, 7) is 3.69. The molecule has 3 aliphatic rings. The topological polar surface area (TPSA) is 58.9 Å². The molecule has 0 bridgehead atoms. The standard InChI is InChI=1S/C15H22O4/c1-14(2)18-12-7-6-10-5-3-4-8-15(10,17)9-11(16)13(12)19-14/h5-7,11-13,16-17H,3-4,8-9H2,1-2H3/b7-6-/t11-,12+,13-,15+/m0/s1. The minimum absolute atomic E-state index is 0.252. The molecule has 1 fully saturated rings. The number of allylic oxidation sites excluding steroid dienone is 1. The van der Waals surface area contributed by atoms with Crippen LogP contribution in [0.1, 0.15) is 39.5 Å². The van der Waals surface area contributed by atoms with Crippen molar-refractivity contribution < 1.29 is 19.7 Å². The largest absolute Gasteiger partial charge is 0.390 e. The maximum Gasteiger partial charge on any atom is 0.164 e. The molecule has 3 rings (SSSR count). The van der Waals surface area contributed by atoms with E-state index < -0.39 is 23.6 Å². The molecule has 0 saturated carbocycles. The molecule has 1 aliphatic heterocycles. The quantitative estimate of drug-likeness (QED) is 0.700. The zero-order chi connectivity index (χ0) is 13.7. The minimum Gasteiger partial charge on any atom is -0.390 e. The predicted octanol–water partition coefficient (Wildman–Crippen LogP) is 1.67. The van der Waals surface area contributed by atoms with E-state index in [0.29, 0.717) is 12.8 Å². The van der Waals surface area contributed by atoms with Gasteiger partial charge >= 0.3 is 0 Å². The van der Waals surface area contributed by atoms with Crippen molar-refractivity contribution in [1.82, 2.24) is 0 Å². The maximum atomic E-state index is 10.7. The van der Waals surface area contributed by atoms with Crippen molar-refractivity contribution in [2.75, 3.05) is 0 Å². The Hall–Kier alpha value is -0.680. The Balaban J connectivity index is 1.93. The highest BCUT2D eigenvalue weighted by atomic mass is 16.8. The number of rotatable bonds is 0. The number of aliphatic hydroxyl groups is 2. The highest BCUT2D eigenvalue weighted by Gasteiger charge is 2.47. The van der Waals surface area contributed by atoms with Crippen LogP contribution in [-0.2, 0) is 9.47 Å². The first-order chi connectivity index (χ1) is 8.90. The van der Waals surface area contributed by atoms with Crippen molar-refractivity contribution in [2.24, 2.45) is 0 Å². The molecule has 4 heteroatoms. The van der Waals surface area contributed by atoms with Gasteiger partial charge in [-0.2, -0.15) is 0 Å². The van der Waals surface area contributed by atoms with Gasteiger partial charge in [-0.05, 0) is 38.7 Å². The molecule has 2 aliphatic carbocycles. The Kier molecular flexibility index (Phi) is 3.09. The van der Waals surface area contributed by atoms with Crippen molar-refractivity contribution in [1.29, 1.82) is 0 Å². The molecule has 0 unspecified atom stereocenters. The first-order valence-corrected chi connectivity index (χ1v) is 7.05. The summed E-state index contributed by atoms with van der Waals surface area (Å²) in [5.41, 5.74) is -0.0144. The SMILES string of the molecule is CC1(C)O[C@H]2[C@@H](O)C[C@]3(O)CCCC=C3/C=C\[C@H]2O1. The molecule has 2 N–H and O–H groups in total. The fourth-order valence-corrected chi connectivity index (χ4v) is 3.35. The number of hydrogen-bond acceptors (Lipinski definition) is 4. The van der Waals surface area contributed by atoms with Crippen LogP contribution in [0.15, 0.2) is 23.8 Å². The fourth-order valence-electron chi connectivity index (χ4n) is 3.35. The van der Waals surface area contributed by atoms with E-state index >= 15 is 0 Å². The lowest BCUT2D eigenvalue weighted by molar-refractivity contribution is -0.156. The molecule has 0 aromatic rings. The molecular weight excluding hydrogens is 244 g/mol. The highest BCUT2D eigenvalue weighted by molar-refractivity contribution is 5.33. The lowest BCUT2D eigenvalue weighted by Crippen LogP contribution is -2.45. The van der Waals surface area contributed by atoms with E-state index in [4.69, 9.17) is 9.47 Å². The number of hydrogen-bond donors (Lipinski definition) is 2. The third kappa shape index (κ3) is 2.38. The van der Waals surface area contributed by atoms with Gasteiger partial charge in [-0.1, -0.05) is 18.2 Å². The van der Waals surface area contributed by atoms with Gasteiger partial charge in [0.25, 0.3) is 0 Å². The van der Waals surface area contributed by atoms with E-state index in [-0.39, 0.29) is 6.10 Å². The summed E-state index contributed by atoms with van der Waals surface area (Å²) in [5.74, 6) is -0.687. The second kappa shape index (κ2) is 4.42. The average molecular weight is 266 g/mol. The van der Waals surface area contributed by atoms with Crippen LogP contribution in [0.25, 0.3) is 0 Å². The maximum absolute atomic E-state index is 10.7. The molecule has 1 saturated heterocycles. The van der Waals surface area contributed by atoms with Crippen molar-refractivity contribution >= 4 is 0 Å². The van der Waals surface area contributed by atoms with Crippen LogP contribution in [0.5, 0.6) is 0 Å². The van der Waals surface area contributed by atoms with E-state index in [1.807, 2.05) is 26.0 Å². The van der Waals surface area contributed by atoms with Crippen LogP contribution in [0.4, 0.5) is 0 Å². The van der Waals surface area contributed by atoms with E-state index in [2.05, 4.69) is 6.08 Å². The zero-order valence-corrected chi connectivity index (χ0v) is 11.5. The second-order valence-corrected chi connectivity index (χ2v) is 6.28. The van der Waals surface area contributed by atoms with Gasteiger partial charge < -0.3 is 19.7 Å². The van der Waals surface area contributed by atoms with E-state index in [9.17, 15) is 10.2 Å². The Labute approximate surface area is 113 Å². The third-order valence-electron chi connectivity index (χ3n) is 4.25. The van der Waals surface area contributed by atoms with E-state index in [1.165, 1.54) is 0 Å². The van der Waals surface area contributed by atoms with Crippen LogP contribution in [0.2, 0.25) is 0 Å². The minimum atomic E-state index is -0.921. The summed E-state index contributed by atoms with van der Waals surface area (Å²) in [4.78, 5) is 0. The first-order valence-electron chi connectivity index (χ1n) is 7.05. The van der Waals surface area contributed by atoms with Gasteiger partial charge in [0, 0.05) is 6.42 Å². The van der Waals surface area contributed by atoms with Gasteiger partial charge in [-0.15, -0.1) is 0 Å². The third-order valence-corrected chi connectivity index (χ3v) is 4.25. The van der Waals surface area contributed by atoms with Gasteiger partial charge in [0.2, 0.25) is 0 Å². The van der Waals surface area contributed by atoms with Crippen molar-refractivity contribution in [2.45, 2.75) is 69.2 Å². The lowest BCUT2D eigenvalue weighted by Gasteiger charge is -2.37. The van der Waals surface area contributed by atoms with Crippen molar-refractivity contribution in [3.8, 4) is 0 Å². The molecule has 4 nitrogen and oxygen atoms in total. The molecule has 0 spiro atoms. The Morgan fingerprint density at radius 2 is 2.11 bits per heavy atom. The van der Waals surface area contributed by atoms with Gasteiger partial charge in [0.1, 0.15) is 12.2 Å². The Bertz CT molecular complexity index is 426. The van der Waals surface area contributed by atoms with Crippen molar-refractivity contribution in [3.05, 3.63) is 23.8 Å². The Morgan fingerprint density at radius 1 is 1.32 bits per heavy atom. The first kappa shape index (κ1) is 13.3. The smallest absolute Gasteiger partial charge is 0.164 e. The van der Waals surface area contributed by atoms with Crippen molar-refractivity contribution in [3.63, 3.8) is 0 Å². The predicted molar refractivity (Wildman–Crippen MR) is 70.5 cm³/mol.